The van der Waals surface area contributed by atoms with Gasteiger partial charge in [-0.05, 0) is 48.4 Å². The summed E-state index contributed by atoms with van der Waals surface area (Å²) in [5.41, 5.74) is -0.186. The van der Waals surface area contributed by atoms with Crippen LogP contribution in [0.3, 0.4) is 0 Å². The first-order valence-electron chi connectivity index (χ1n) is 8.75. The lowest BCUT2D eigenvalue weighted by molar-refractivity contribution is -0.137. The fraction of sp³-hybridized carbons (Fsp3) is 0.300. The van der Waals surface area contributed by atoms with E-state index in [1.54, 1.807) is 17.0 Å². The van der Waals surface area contributed by atoms with Gasteiger partial charge in [0, 0.05) is 30.1 Å². The molecule has 8 heteroatoms. The number of nitrogens with one attached hydrogen (secondary N) is 1. The molecule has 1 aliphatic heterocycles. The first-order valence-corrected chi connectivity index (χ1v) is 9.13. The van der Waals surface area contributed by atoms with Crippen molar-refractivity contribution in [1.82, 2.24) is 10.2 Å². The monoisotopic (exact) mass is 410 g/mol. The van der Waals surface area contributed by atoms with Crippen molar-refractivity contribution in [3.63, 3.8) is 0 Å². The van der Waals surface area contributed by atoms with E-state index < -0.39 is 23.7 Å². The molecule has 1 saturated heterocycles. The molecule has 3 rings (SSSR count). The summed E-state index contributed by atoms with van der Waals surface area (Å²) < 4.78 is 39.3. The first kappa shape index (κ1) is 20.2. The van der Waals surface area contributed by atoms with Crippen molar-refractivity contribution in [3.8, 4) is 0 Å². The van der Waals surface area contributed by atoms with E-state index in [4.69, 9.17) is 11.6 Å². The lowest BCUT2D eigenvalue weighted by atomic mass is 10.0. The minimum Gasteiger partial charge on any atom is -0.343 e. The Balaban J connectivity index is 1.87. The minimum atomic E-state index is -4.50. The van der Waals surface area contributed by atoms with Crippen LogP contribution in [0.2, 0.25) is 5.02 Å². The Morgan fingerprint density at radius 3 is 2.50 bits per heavy atom. The maximum atomic E-state index is 13.1. The number of amides is 2. The third-order valence-corrected chi connectivity index (χ3v) is 4.85. The summed E-state index contributed by atoms with van der Waals surface area (Å²) in [5, 5.41) is 3.22. The van der Waals surface area contributed by atoms with Crippen LogP contribution in [0.4, 0.5) is 13.2 Å². The van der Waals surface area contributed by atoms with Gasteiger partial charge in [0.2, 0.25) is 5.91 Å². The maximum Gasteiger partial charge on any atom is 0.416 e. The van der Waals surface area contributed by atoms with Crippen molar-refractivity contribution in [3.05, 3.63) is 70.2 Å². The summed E-state index contributed by atoms with van der Waals surface area (Å²) >= 11 is 5.83. The van der Waals surface area contributed by atoms with Crippen LogP contribution in [0.5, 0.6) is 0 Å². The highest BCUT2D eigenvalue weighted by Crippen LogP contribution is 2.31. The molecule has 2 aromatic rings. The molecule has 0 aromatic heterocycles. The molecule has 2 amide bonds. The standard InChI is InChI=1S/C20H18ClF3N2O2/c21-16-8-6-13(7-9-16)19(28)25-17(12-26-10-2-5-18(26)27)14-3-1-4-15(11-14)20(22,23)24/h1,3-4,6-9,11,17H,2,5,10,12H2,(H,25,28). The van der Waals surface area contributed by atoms with Gasteiger partial charge in [0.1, 0.15) is 0 Å². The van der Waals surface area contributed by atoms with Crippen LogP contribution in [0, 0.1) is 0 Å². The zero-order valence-electron chi connectivity index (χ0n) is 14.8. The average Bonchev–Trinajstić information content (AvgIpc) is 3.06. The minimum absolute atomic E-state index is 0.0716. The molecular formula is C20H18ClF3N2O2. The Labute approximate surface area is 165 Å². The maximum absolute atomic E-state index is 13.1. The van der Waals surface area contributed by atoms with Crippen molar-refractivity contribution in [1.29, 1.82) is 0 Å². The van der Waals surface area contributed by atoms with E-state index in [0.29, 0.717) is 30.0 Å². The topological polar surface area (TPSA) is 49.4 Å². The van der Waals surface area contributed by atoms with Crippen LogP contribution in [-0.4, -0.2) is 29.8 Å². The molecule has 1 aliphatic rings. The van der Waals surface area contributed by atoms with Crippen molar-refractivity contribution in [2.75, 3.05) is 13.1 Å². The van der Waals surface area contributed by atoms with Gasteiger partial charge in [0.25, 0.3) is 5.91 Å². The number of halogens is 4. The number of rotatable bonds is 5. The van der Waals surface area contributed by atoms with Crippen LogP contribution in [-0.2, 0) is 11.0 Å². The molecule has 4 nitrogen and oxygen atoms in total. The fourth-order valence-electron chi connectivity index (χ4n) is 3.13. The van der Waals surface area contributed by atoms with Crippen LogP contribution >= 0.6 is 11.6 Å². The first-order chi connectivity index (χ1) is 13.2. The summed E-state index contributed by atoms with van der Waals surface area (Å²) in [4.78, 5) is 26.1. The van der Waals surface area contributed by atoms with Gasteiger partial charge in [0.15, 0.2) is 0 Å². The van der Waals surface area contributed by atoms with E-state index in [0.717, 1.165) is 12.1 Å². The summed E-state index contributed by atoms with van der Waals surface area (Å²) in [6.07, 6.45) is -3.40. The average molecular weight is 411 g/mol. The van der Waals surface area contributed by atoms with E-state index in [-0.39, 0.29) is 18.0 Å². The Morgan fingerprint density at radius 2 is 1.89 bits per heavy atom. The molecule has 1 N–H and O–H groups in total. The quantitative estimate of drug-likeness (QED) is 0.791. The lowest BCUT2D eigenvalue weighted by Gasteiger charge is -2.26. The third-order valence-electron chi connectivity index (χ3n) is 4.60. The number of likely N-dealkylation sites (tertiary alicyclic amines) is 1. The number of carbonyl (C=O) groups is 2. The van der Waals surface area contributed by atoms with Crippen molar-refractivity contribution < 1.29 is 22.8 Å². The molecule has 1 unspecified atom stereocenters. The zero-order chi connectivity index (χ0) is 20.3. The number of carbonyl (C=O) groups excluding carboxylic acids is 2. The van der Waals surface area contributed by atoms with E-state index in [9.17, 15) is 22.8 Å². The molecular weight excluding hydrogens is 393 g/mol. The molecule has 28 heavy (non-hydrogen) atoms. The van der Waals surface area contributed by atoms with Gasteiger partial charge in [-0.15, -0.1) is 0 Å². The molecule has 0 radical (unpaired) electrons. The van der Waals surface area contributed by atoms with E-state index in [1.165, 1.54) is 24.3 Å². The van der Waals surface area contributed by atoms with E-state index in [2.05, 4.69) is 5.32 Å². The number of nitrogens with zero attached hydrogens (tertiary/aromatic N) is 1. The van der Waals surface area contributed by atoms with Crippen molar-refractivity contribution in [2.45, 2.75) is 25.1 Å². The highest BCUT2D eigenvalue weighted by Gasteiger charge is 2.32. The molecule has 2 aromatic carbocycles. The normalized spacial score (nSPS) is 15.6. The second-order valence-corrected chi connectivity index (χ2v) is 7.04. The van der Waals surface area contributed by atoms with Crippen molar-refractivity contribution >= 4 is 23.4 Å². The second kappa shape index (κ2) is 8.22. The van der Waals surface area contributed by atoms with Gasteiger partial charge in [-0.2, -0.15) is 13.2 Å². The Kier molecular flexibility index (Phi) is 5.93. The lowest BCUT2D eigenvalue weighted by Crippen LogP contribution is -2.38. The zero-order valence-corrected chi connectivity index (χ0v) is 15.6. The van der Waals surface area contributed by atoms with Crippen LogP contribution < -0.4 is 5.32 Å². The van der Waals surface area contributed by atoms with Crippen LogP contribution in [0.25, 0.3) is 0 Å². The second-order valence-electron chi connectivity index (χ2n) is 6.60. The van der Waals surface area contributed by atoms with E-state index >= 15 is 0 Å². The number of alkyl halides is 3. The summed E-state index contributed by atoms with van der Waals surface area (Å²) in [6.45, 7) is 0.630. The predicted octanol–water partition coefficient (Wildman–Crippen LogP) is 4.45. The third kappa shape index (κ3) is 4.84. The van der Waals surface area contributed by atoms with Gasteiger partial charge in [-0.3, -0.25) is 9.59 Å². The molecule has 0 aliphatic carbocycles. The molecule has 0 spiro atoms. The molecule has 1 fully saturated rings. The van der Waals surface area contributed by atoms with Gasteiger partial charge in [-0.1, -0.05) is 23.7 Å². The molecule has 1 atom stereocenters. The summed E-state index contributed by atoms with van der Waals surface area (Å²) in [7, 11) is 0. The summed E-state index contributed by atoms with van der Waals surface area (Å²) in [6, 6.07) is 10.2. The number of hydrogen-bond acceptors (Lipinski definition) is 2. The number of hydrogen-bond donors (Lipinski definition) is 1. The predicted molar refractivity (Wildman–Crippen MR) is 98.9 cm³/mol. The number of benzene rings is 2. The Bertz CT molecular complexity index is 868. The largest absolute Gasteiger partial charge is 0.416 e. The fourth-order valence-corrected chi connectivity index (χ4v) is 3.25. The highest BCUT2D eigenvalue weighted by molar-refractivity contribution is 6.30. The van der Waals surface area contributed by atoms with Crippen LogP contribution in [0.15, 0.2) is 48.5 Å². The summed E-state index contributed by atoms with van der Waals surface area (Å²) in [5.74, 6) is -0.525. The van der Waals surface area contributed by atoms with Gasteiger partial charge in [0.05, 0.1) is 11.6 Å². The Morgan fingerprint density at radius 1 is 1.18 bits per heavy atom. The van der Waals surface area contributed by atoms with Gasteiger partial charge < -0.3 is 10.2 Å². The highest BCUT2D eigenvalue weighted by atomic mass is 35.5. The van der Waals surface area contributed by atoms with Gasteiger partial charge in [-0.25, -0.2) is 0 Å². The van der Waals surface area contributed by atoms with E-state index in [1.807, 2.05) is 0 Å². The smallest absolute Gasteiger partial charge is 0.343 e. The van der Waals surface area contributed by atoms with Crippen LogP contribution in [0.1, 0.15) is 40.4 Å². The van der Waals surface area contributed by atoms with Gasteiger partial charge >= 0.3 is 6.18 Å². The molecule has 148 valence electrons. The van der Waals surface area contributed by atoms with Crippen molar-refractivity contribution in [2.24, 2.45) is 0 Å². The SMILES string of the molecule is O=C(NC(CN1CCCC1=O)c1cccc(C(F)(F)F)c1)c1ccc(Cl)cc1. The Hall–Kier alpha value is -2.54. The molecule has 1 heterocycles. The molecule has 0 bridgehead atoms. The molecule has 0 saturated carbocycles.